The lowest BCUT2D eigenvalue weighted by Gasteiger charge is -2.20. The van der Waals surface area contributed by atoms with E-state index in [1.54, 1.807) is 11.8 Å². The van der Waals surface area contributed by atoms with Gasteiger partial charge in [-0.15, -0.1) is 11.8 Å². The summed E-state index contributed by atoms with van der Waals surface area (Å²) in [6.07, 6.45) is 0.798. The zero-order valence-electron chi connectivity index (χ0n) is 9.08. The van der Waals surface area contributed by atoms with Crippen molar-refractivity contribution in [1.82, 2.24) is 0 Å². The molecular formula is C12H18OS. The van der Waals surface area contributed by atoms with Gasteiger partial charge in [0.05, 0.1) is 5.60 Å². The summed E-state index contributed by atoms with van der Waals surface area (Å²) in [4.78, 5) is 1.27. The molecule has 1 nitrogen and oxygen atoms in total. The van der Waals surface area contributed by atoms with Gasteiger partial charge in [0.2, 0.25) is 0 Å². The van der Waals surface area contributed by atoms with Crippen LogP contribution in [-0.4, -0.2) is 16.5 Å². The first-order valence-corrected chi connectivity index (χ1v) is 5.94. The number of rotatable bonds is 4. The fraction of sp³-hybridized carbons (Fsp3) is 0.500. The van der Waals surface area contributed by atoms with Crippen LogP contribution in [-0.2, 0) is 0 Å². The highest BCUT2D eigenvalue weighted by molar-refractivity contribution is 7.99. The maximum absolute atomic E-state index is 9.85. The molecule has 78 valence electrons. The maximum Gasteiger partial charge on any atom is 0.0710 e. The molecule has 0 spiro atoms. The van der Waals surface area contributed by atoms with Crippen LogP contribution in [0.15, 0.2) is 29.2 Å². The summed E-state index contributed by atoms with van der Waals surface area (Å²) in [5, 5.41) is 9.85. The summed E-state index contributed by atoms with van der Waals surface area (Å²) in [6.45, 7) is 6.00. The van der Waals surface area contributed by atoms with Crippen LogP contribution >= 0.6 is 11.8 Å². The van der Waals surface area contributed by atoms with E-state index in [0.29, 0.717) is 0 Å². The summed E-state index contributed by atoms with van der Waals surface area (Å²) in [6, 6.07) is 8.28. The first kappa shape index (κ1) is 11.6. The summed E-state index contributed by atoms with van der Waals surface area (Å²) < 4.78 is 0. The number of thioether (sulfide) groups is 1. The molecule has 0 heterocycles. The minimum absolute atomic E-state index is 0.549. The zero-order chi connectivity index (χ0) is 10.6. The van der Waals surface area contributed by atoms with Gasteiger partial charge in [0.25, 0.3) is 0 Å². The van der Waals surface area contributed by atoms with Crippen molar-refractivity contribution in [2.24, 2.45) is 0 Å². The van der Waals surface area contributed by atoms with Crippen LogP contribution in [0.25, 0.3) is 0 Å². The first-order valence-electron chi connectivity index (χ1n) is 4.96. The Labute approximate surface area is 90.5 Å². The Bertz CT molecular complexity index is 294. The van der Waals surface area contributed by atoms with E-state index in [1.165, 1.54) is 10.5 Å². The second kappa shape index (κ2) is 4.85. The monoisotopic (exact) mass is 210 g/mol. The lowest BCUT2D eigenvalue weighted by Crippen LogP contribution is -2.25. The van der Waals surface area contributed by atoms with Gasteiger partial charge in [-0.05, 0) is 31.9 Å². The average Bonchev–Trinajstić information content (AvgIpc) is 2.17. The summed E-state index contributed by atoms with van der Waals surface area (Å²) in [7, 11) is 0. The third-order valence-corrected chi connectivity index (χ3v) is 3.93. The topological polar surface area (TPSA) is 20.2 Å². The molecule has 0 saturated carbocycles. The molecule has 1 aromatic rings. The Balaban J connectivity index is 2.58. The lowest BCUT2D eigenvalue weighted by atomic mass is 10.1. The third kappa shape index (κ3) is 3.35. The molecule has 0 aliphatic rings. The summed E-state index contributed by atoms with van der Waals surface area (Å²) in [5.74, 6) is 0.758. The number of benzene rings is 1. The minimum atomic E-state index is -0.549. The molecule has 0 radical (unpaired) electrons. The Morgan fingerprint density at radius 2 is 2.00 bits per heavy atom. The first-order chi connectivity index (χ1) is 6.55. The molecule has 1 aromatic carbocycles. The van der Waals surface area contributed by atoms with Crippen molar-refractivity contribution in [3.05, 3.63) is 29.8 Å². The van der Waals surface area contributed by atoms with Crippen molar-refractivity contribution in [2.45, 2.75) is 37.7 Å². The number of hydrogen-bond acceptors (Lipinski definition) is 2. The second-order valence-electron chi connectivity index (χ2n) is 3.90. The van der Waals surface area contributed by atoms with Gasteiger partial charge < -0.3 is 5.11 Å². The van der Waals surface area contributed by atoms with Crippen molar-refractivity contribution in [3.8, 4) is 0 Å². The minimum Gasteiger partial charge on any atom is -0.389 e. The normalized spacial score (nSPS) is 15.1. The van der Waals surface area contributed by atoms with Gasteiger partial charge >= 0.3 is 0 Å². The predicted octanol–water partition coefficient (Wildman–Crippen LogP) is 3.25. The standard InChI is InChI=1S/C12H18OS/c1-4-12(3,13)9-14-11-8-6-5-7-10(11)2/h5-8,13H,4,9H2,1-3H3. The predicted molar refractivity (Wildman–Crippen MR) is 62.8 cm³/mol. The van der Waals surface area contributed by atoms with E-state index in [2.05, 4.69) is 19.1 Å². The largest absolute Gasteiger partial charge is 0.389 e. The molecule has 0 bridgehead atoms. The molecule has 14 heavy (non-hydrogen) atoms. The molecule has 0 amide bonds. The third-order valence-electron chi connectivity index (χ3n) is 2.39. The molecule has 0 aliphatic heterocycles. The number of aryl methyl sites for hydroxylation is 1. The second-order valence-corrected chi connectivity index (χ2v) is 4.92. The van der Waals surface area contributed by atoms with E-state index in [1.807, 2.05) is 26.0 Å². The zero-order valence-corrected chi connectivity index (χ0v) is 9.90. The Kier molecular flexibility index (Phi) is 4.02. The van der Waals surface area contributed by atoms with Crippen molar-refractivity contribution < 1.29 is 5.11 Å². The van der Waals surface area contributed by atoms with Crippen molar-refractivity contribution in [1.29, 1.82) is 0 Å². The number of aliphatic hydroxyl groups is 1. The van der Waals surface area contributed by atoms with Crippen LogP contribution in [0.4, 0.5) is 0 Å². The van der Waals surface area contributed by atoms with Gasteiger partial charge in [-0.25, -0.2) is 0 Å². The quantitative estimate of drug-likeness (QED) is 0.770. The van der Waals surface area contributed by atoms with E-state index in [0.717, 1.165) is 12.2 Å². The smallest absolute Gasteiger partial charge is 0.0710 e. The Hall–Kier alpha value is -0.470. The SMILES string of the molecule is CCC(C)(O)CSc1ccccc1C. The molecule has 0 aromatic heterocycles. The van der Waals surface area contributed by atoms with Gasteiger partial charge in [0.1, 0.15) is 0 Å². The van der Waals surface area contributed by atoms with E-state index in [9.17, 15) is 5.11 Å². The molecule has 1 atom stereocenters. The van der Waals surface area contributed by atoms with Crippen LogP contribution in [0.2, 0.25) is 0 Å². The molecule has 2 heteroatoms. The summed E-state index contributed by atoms with van der Waals surface area (Å²) >= 11 is 1.73. The van der Waals surface area contributed by atoms with Crippen LogP contribution in [0.3, 0.4) is 0 Å². The van der Waals surface area contributed by atoms with E-state index >= 15 is 0 Å². The van der Waals surface area contributed by atoms with Crippen LogP contribution < -0.4 is 0 Å². The van der Waals surface area contributed by atoms with E-state index in [-0.39, 0.29) is 0 Å². The highest BCUT2D eigenvalue weighted by Gasteiger charge is 2.17. The fourth-order valence-corrected chi connectivity index (χ4v) is 2.19. The number of hydrogen-bond donors (Lipinski definition) is 1. The molecule has 0 fully saturated rings. The summed E-state index contributed by atoms with van der Waals surface area (Å²) in [5.41, 5.74) is 0.733. The molecule has 1 N–H and O–H groups in total. The van der Waals surface area contributed by atoms with Crippen LogP contribution in [0.5, 0.6) is 0 Å². The van der Waals surface area contributed by atoms with Gasteiger partial charge in [0, 0.05) is 10.6 Å². The molecule has 0 aliphatic carbocycles. The molecular weight excluding hydrogens is 192 g/mol. The van der Waals surface area contributed by atoms with Crippen LogP contribution in [0.1, 0.15) is 25.8 Å². The molecule has 1 rings (SSSR count). The van der Waals surface area contributed by atoms with E-state index in [4.69, 9.17) is 0 Å². The van der Waals surface area contributed by atoms with Crippen molar-refractivity contribution in [2.75, 3.05) is 5.75 Å². The van der Waals surface area contributed by atoms with Crippen LogP contribution in [0, 0.1) is 6.92 Å². The van der Waals surface area contributed by atoms with E-state index < -0.39 is 5.60 Å². The fourth-order valence-electron chi connectivity index (χ4n) is 1.05. The molecule has 0 saturated heterocycles. The van der Waals surface area contributed by atoms with Crippen molar-refractivity contribution >= 4 is 11.8 Å². The van der Waals surface area contributed by atoms with Gasteiger partial charge in [-0.3, -0.25) is 0 Å². The Morgan fingerprint density at radius 3 is 2.57 bits per heavy atom. The average molecular weight is 210 g/mol. The van der Waals surface area contributed by atoms with Crippen molar-refractivity contribution in [3.63, 3.8) is 0 Å². The van der Waals surface area contributed by atoms with Gasteiger partial charge in [0.15, 0.2) is 0 Å². The van der Waals surface area contributed by atoms with Gasteiger partial charge in [-0.1, -0.05) is 25.1 Å². The maximum atomic E-state index is 9.85. The highest BCUT2D eigenvalue weighted by atomic mass is 32.2. The molecule has 1 unspecified atom stereocenters. The lowest BCUT2D eigenvalue weighted by molar-refractivity contribution is 0.0816. The van der Waals surface area contributed by atoms with Gasteiger partial charge in [-0.2, -0.15) is 0 Å². The highest BCUT2D eigenvalue weighted by Crippen LogP contribution is 2.26. The Morgan fingerprint density at radius 1 is 1.36 bits per heavy atom.